The molecule has 0 bridgehead atoms. The van der Waals surface area contributed by atoms with Crippen molar-refractivity contribution in [3.05, 3.63) is 102 Å². The summed E-state index contributed by atoms with van der Waals surface area (Å²) in [6, 6.07) is 31.1. The lowest BCUT2D eigenvalue weighted by Gasteiger charge is -2.26. The predicted octanol–water partition coefficient (Wildman–Crippen LogP) is 7.78. The third kappa shape index (κ3) is 2.64. The molecule has 0 radical (unpaired) electrons. The molecule has 2 heterocycles. The normalized spacial score (nSPS) is 15.3. The fourth-order valence-electron chi connectivity index (χ4n) is 5.87. The molecule has 3 heteroatoms. The first-order valence-corrected chi connectivity index (χ1v) is 12.4. The molecular weight excluding hydrogens is 420 g/mol. The molecule has 0 saturated carbocycles. The van der Waals surface area contributed by atoms with Crippen LogP contribution in [0.5, 0.6) is 0 Å². The van der Waals surface area contributed by atoms with Crippen molar-refractivity contribution in [3.8, 4) is 16.8 Å². The maximum absolute atomic E-state index is 5.99. The Kier molecular flexibility index (Phi) is 4.08. The van der Waals surface area contributed by atoms with Gasteiger partial charge in [-0.1, -0.05) is 61.5 Å². The van der Waals surface area contributed by atoms with Crippen LogP contribution >= 0.6 is 11.3 Å². The Morgan fingerprint density at radius 3 is 2.58 bits per heavy atom. The van der Waals surface area contributed by atoms with Gasteiger partial charge in [-0.2, -0.15) is 0 Å². The van der Waals surface area contributed by atoms with E-state index in [4.69, 9.17) is 5.73 Å². The maximum atomic E-state index is 5.99. The number of para-hydroxylation sites is 1. The van der Waals surface area contributed by atoms with Crippen molar-refractivity contribution in [2.24, 2.45) is 5.73 Å². The quantitative estimate of drug-likeness (QED) is 0.290. The van der Waals surface area contributed by atoms with Crippen molar-refractivity contribution in [2.75, 3.05) is 0 Å². The first-order valence-electron chi connectivity index (χ1n) is 11.6. The van der Waals surface area contributed by atoms with Gasteiger partial charge in [-0.25, -0.2) is 0 Å². The first kappa shape index (κ1) is 19.1. The molecular formula is C30H24N2S. The maximum Gasteiger partial charge on any atom is 0.0537 e. The molecule has 0 amide bonds. The molecule has 0 aliphatic heterocycles. The Hall–Kier alpha value is -3.40. The Balaban J connectivity index is 1.61. The van der Waals surface area contributed by atoms with Crippen LogP contribution in [0.1, 0.15) is 29.7 Å². The number of hydrogen-bond donors (Lipinski definition) is 1. The molecule has 1 aliphatic rings. The van der Waals surface area contributed by atoms with Gasteiger partial charge in [-0.15, -0.1) is 11.3 Å². The number of nitrogens with two attached hydrogens (primary N) is 1. The summed E-state index contributed by atoms with van der Waals surface area (Å²) in [5, 5.41) is 4.18. The van der Waals surface area contributed by atoms with Crippen LogP contribution in [-0.4, -0.2) is 4.57 Å². The van der Waals surface area contributed by atoms with Gasteiger partial charge in [0.15, 0.2) is 0 Å². The summed E-state index contributed by atoms with van der Waals surface area (Å²) < 4.78 is 5.24. The molecule has 33 heavy (non-hydrogen) atoms. The van der Waals surface area contributed by atoms with E-state index in [1.807, 2.05) is 11.3 Å². The van der Waals surface area contributed by atoms with Gasteiger partial charge in [0.05, 0.1) is 5.52 Å². The smallest absolute Gasteiger partial charge is 0.0537 e. The Morgan fingerprint density at radius 1 is 0.879 bits per heavy atom. The molecule has 1 unspecified atom stereocenters. The van der Waals surface area contributed by atoms with Crippen LogP contribution in [0.15, 0.2) is 84.9 Å². The van der Waals surface area contributed by atoms with Gasteiger partial charge >= 0.3 is 0 Å². The van der Waals surface area contributed by atoms with E-state index in [9.17, 15) is 0 Å². The van der Waals surface area contributed by atoms with E-state index < -0.39 is 0 Å². The highest BCUT2D eigenvalue weighted by atomic mass is 32.1. The van der Waals surface area contributed by atoms with Gasteiger partial charge in [0.2, 0.25) is 0 Å². The van der Waals surface area contributed by atoms with Crippen molar-refractivity contribution >= 4 is 42.4 Å². The molecule has 160 valence electrons. The summed E-state index contributed by atoms with van der Waals surface area (Å²) in [7, 11) is 0. The molecule has 2 aromatic heterocycles. The minimum Gasteiger partial charge on any atom is -0.326 e. The molecule has 0 fully saturated rings. The van der Waals surface area contributed by atoms with E-state index in [-0.39, 0.29) is 0 Å². The SMILES string of the molecule is CC1Cc2c(c3ccccc3n2-c2cccc(CN)c2)-c2ccc3sc4ccccc4c3c21. The van der Waals surface area contributed by atoms with Crippen LogP contribution < -0.4 is 5.73 Å². The third-order valence-electron chi connectivity index (χ3n) is 7.22. The fraction of sp³-hybridized carbons (Fsp3) is 0.133. The van der Waals surface area contributed by atoms with Crippen molar-refractivity contribution in [1.82, 2.24) is 4.57 Å². The zero-order valence-corrected chi connectivity index (χ0v) is 19.3. The van der Waals surface area contributed by atoms with Crippen LogP contribution in [0.25, 0.3) is 47.9 Å². The molecule has 4 aromatic carbocycles. The van der Waals surface area contributed by atoms with Crippen molar-refractivity contribution in [1.29, 1.82) is 0 Å². The van der Waals surface area contributed by atoms with Gasteiger partial charge in [0, 0.05) is 49.0 Å². The van der Waals surface area contributed by atoms with E-state index in [1.54, 1.807) is 0 Å². The van der Waals surface area contributed by atoms with E-state index in [1.165, 1.54) is 59.1 Å². The van der Waals surface area contributed by atoms with Crippen LogP contribution in [0, 0.1) is 0 Å². The number of benzene rings is 4. The molecule has 1 atom stereocenters. The molecule has 1 aliphatic carbocycles. The average Bonchev–Trinajstić information content (AvgIpc) is 3.39. The largest absolute Gasteiger partial charge is 0.326 e. The third-order valence-corrected chi connectivity index (χ3v) is 8.36. The highest BCUT2D eigenvalue weighted by Crippen LogP contribution is 2.50. The van der Waals surface area contributed by atoms with Crippen molar-refractivity contribution in [2.45, 2.75) is 25.8 Å². The Morgan fingerprint density at radius 2 is 1.70 bits per heavy atom. The van der Waals surface area contributed by atoms with Gasteiger partial charge in [-0.05, 0) is 59.4 Å². The van der Waals surface area contributed by atoms with Crippen LogP contribution in [0.3, 0.4) is 0 Å². The summed E-state index contributed by atoms with van der Waals surface area (Å²) >= 11 is 1.91. The topological polar surface area (TPSA) is 30.9 Å². The predicted molar refractivity (Wildman–Crippen MR) is 142 cm³/mol. The second-order valence-electron chi connectivity index (χ2n) is 9.15. The zero-order chi connectivity index (χ0) is 22.1. The van der Waals surface area contributed by atoms with E-state index in [2.05, 4.69) is 96.4 Å². The van der Waals surface area contributed by atoms with E-state index in [0.717, 1.165) is 12.0 Å². The lowest BCUT2D eigenvalue weighted by atomic mass is 9.79. The van der Waals surface area contributed by atoms with Gasteiger partial charge < -0.3 is 10.3 Å². The second kappa shape index (κ2) is 7.05. The molecule has 6 aromatic rings. The first-order chi connectivity index (χ1) is 16.2. The van der Waals surface area contributed by atoms with Crippen molar-refractivity contribution < 1.29 is 0 Å². The number of fused-ring (bicyclic) bond motifs is 9. The second-order valence-corrected chi connectivity index (χ2v) is 10.2. The van der Waals surface area contributed by atoms with Gasteiger partial charge in [0.25, 0.3) is 0 Å². The molecule has 2 nitrogen and oxygen atoms in total. The van der Waals surface area contributed by atoms with Gasteiger partial charge in [-0.3, -0.25) is 0 Å². The highest BCUT2D eigenvalue weighted by Gasteiger charge is 2.30. The monoisotopic (exact) mass is 444 g/mol. The van der Waals surface area contributed by atoms with Crippen LogP contribution in [-0.2, 0) is 13.0 Å². The Labute approximate surface area is 196 Å². The minimum atomic E-state index is 0.440. The summed E-state index contributed by atoms with van der Waals surface area (Å²) in [5.74, 6) is 0.440. The molecule has 0 spiro atoms. The molecule has 0 saturated heterocycles. The Bertz CT molecular complexity index is 1700. The fourth-order valence-corrected chi connectivity index (χ4v) is 6.99. The van der Waals surface area contributed by atoms with E-state index in [0.29, 0.717) is 12.5 Å². The van der Waals surface area contributed by atoms with Crippen molar-refractivity contribution in [3.63, 3.8) is 0 Å². The lowest BCUT2D eigenvalue weighted by molar-refractivity contribution is 0.726. The lowest BCUT2D eigenvalue weighted by Crippen LogP contribution is -2.12. The summed E-state index contributed by atoms with van der Waals surface area (Å²) in [6.07, 6.45) is 1.02. The number of nitrogens with zero attached hydrogens (tertiary/aromatic N) is 1. The zero-order valence-electron chi connectivity index (χ0n) is 18.5. The van der Waals surface area contributed by atoms with Crippen LogP contribution in [0.4, 0.5) is 0 Å². The highest BCUT2D eigenvalue weighted by molar-refractivity contribution is 7.25. The van der Waals surface area contributed by atoms with Gasteiger partial charge in [0.1, 0.15) is 0 Å². The molecule has 7 rings (SSSR count). The number of aromatic nitrogens is 1. The standard InChI is InChI=1S/C30H24N2S/c1-18-15-25-29(23-13-14-27-30(28(18)23)22-10-3-5-12-26(22)33-27)21-9-2-4-11-24(21)32(25)20-8-6-7-19(16-20)17-31/h2-14,16,18H,15,17,31H2,1H3. The summed E-state index contributed by atoms with van der Waals surface area (Å²) in [4.78, 5) is 0. The number of thiophene rings is 1. The van der Waals surface area contributed by atoms with E-state index >= 15 is 0 Å². The van der Waals surface area contributed by atoms with Crippen LogP contribution in [0.2, 0.25) is 0 Å². The number of hydrogen-bond acceptors (Lipinski definition) is 2. The summed E-state index contributed by atoms with van der Waals surface area (Å²) in [5.41, 5.74) is 15.3. The summed E-state index contributed by atoms with van der Waals surface area (Å²) in [6.45, 7) is 2.95. The average molecular weight is 445 g/mol. The molecule has 2 N–H and O–H groups in total. The number of rotatable bonds is 2. The minimum absolute atomic E-state index is 0.440.